The minimum absolute atomic E-state index is 0.816. The molecule has 4 bridgehead atoms. The zero-order chi connectivity index (χ0) is 6.77. The van der Waals surface area contributed by atoms with Gasteiger partial charge in [0.15, 0.2) is 0 Å². The highest BCUT2D eigenvalue weighted by molar-refractivity contribution is 6.15. The van der Waals surface area contributed by atoms with Crippen molar-refractivity contribution in [3.8, 4) is 0 Å². The van der Waals surface area contributed by atoms with Gasteiger partial charge in [0.1, 0.15) is 7.85 Å². The molecule has 0 aromatic carbocycles. The van der Waals surface area contributed by atoms with E-state index < -0.39 is 0 Å². The van der Waals surface area contributed by atoms with Crippen molar-refractivity contribution in [2.24, 2.45) is 17.8 Å². The maximum absolute atomic E-state index is 2.52. The second kappa shape index (κ2) is 1.46. The van der Waals surface area contributed by atoms with E-state index in [0.717, 1.165) is 11.2 Å². The first-order chi connectivity index (χ1) is 4.75. The molecule has 4 fully saturated rings. The summed E-state index contributed by atoms with van der Waals surface area (Å²) in [4.78, 5) is 0. The molecular formula is C9H15B. The van der Waals surface area contributed by atoms with E-state index in [0.29, 0.717) is 0 Å². The quantitative estimate of drug-likeness (QED) is 0.441. The molecule has 0 aliphatic heterocycles. The third kappa shape index (κ3) is 0.550. The highest BCUT2D eigenvalue weighted by atomic mass is 14.6. The van der Waals surface area contributed by atoms with Crippen LogP contribution in [0.15, 0.2) is 0 Å². The van der Waals surface area contributed by atoms with Crippen LogP contribution in [-0.2, 0) is 0 Å². The average Bonchev–Trinajstić information content (AvgIpc) is 2.16. The Morgan fingerprint density at radius 3 is 2.00 bits per heavy atom. The standard InChI is InChI=1S/C9H15B/c10-9-3-6-1-7(4-9)8(2-6)5-9/h6-8H,1-5,10H2. The lowest BCUT2D eigenvalue weighted by Crippen LogP contribution is -2.20. The van der Waals surface area contributed by atoms with Crippen LogP contribution >= 0.6 is 0 Å². The van der Waals surface area contributed by atoms with E-state index in [1.807, 2.05) is 0 Å². The Labute approximate surface area is 63.8 Å². The zero-order valence-corrected chi connectivity index (χ0v) is 6.77. The highest BCUT2D eigenvalue weighted by Gasteiger charge is 2.52. The molecule has 0 nitrogen and oxygen atoms in total. The van der Waals surface area contributed by atoms with E-state index in [-0.39, 0.29) is 0 Å². The van der Waals surface area contributed by atoms with E-state index in [4.69, 9.17) is 0 Å². The summed E-state index contributed by atoms with van der Waals surface area (Å²) in [6, 6.07) is 0. The fourth-order valence-corrected chi connectivity index (χ4v) is 4.22. The summed E-state index contributed by atoms with van der Waals surface area (Å²) in [6.45, 7) is 0. The Morgan fingerprint density at radius 2 is 1.60 bits per heavy atom. The van der Waals surface area contributed by atoms with Crippen molar-refractivity contribution >= 4 is 7.85 Å². The normalized spacial score (nSPS) is 63.8. The maximum Gasteiger partial charge on any atom is 0.109 e. The van der Waals surface area contributed by atoms with E-state index in [9.17, 15) is 0 Å². The number of hydrogen-bond acceptors (Lipinski definition) is 0. The molecule has 4 aliphatic carbocycles. The molecule has 4 aliphatic rings. The van der Waals surface area contributed by atoms with Crippen molar-refractivity contribution < 1.29 is 0 Å². The lowest BCUT2D eigenvalue weighted by molar-refractivity contribution is 0.295. The third-order valence-electron chi connectivity index (χ3n) is 4.23. The van der Waals surface area contributed by atoms with Crippen LogP contribution in [0.3, 0.4) is 0 Å². The van der Waals surface area contributed by atoms with Gasteiger partial charge in [-0.3, -0.25) is 0 Å². The summed E-state index contributed by atoms with van der Waals surface area (Å²) in [5.41, 5.74) is 0. The molecule has 2 unspecified atom stereocenters. The maximum atomic E-state index is 2.52. The first kappa shape index (κ1) is 5.68. The molecule has 54 valence electrons. The summed E-state index contributed by atoms with van der Waals surface area (Å²) in [5, 5.41) is 0.816. The molecule has 0 amide bonds. The number of rotatable bonds is 0. The Balaban J connectivity index is 2.01. The molecule has 1 heteroatoms. The van der Waals surface area contributed by atoms with Gasteiger partial charge in [-0.15, -0.1) is 0 Å². The van der Waals surface area contributed by atoms with Crippen molar-refractivity contribution in [3.63, 3.8) is 0 Å². The molecule has 0 spiro atoms. The van der Waals surface area contributed by atoms with Gasteiger partial charge in [0.05, 0.1) is 0 Å². The van der Waals surface area contributed by atoms with E-state index in [1.54, 1.807) is 32.1 Å². The zero-order valence-electron chi connectivity index (χ0n) is 6.77. The van der Waals surface area contributed by atoms with Gasteiger partial charge in [0, 0.05) is 0 Å². The third-order valence-corrected chi connectivity index (χ3v) is 4.23. The summed E-state index contributed by atoms with van der Waals surface area (Å²) in [7, 11) is 2.52. The summed E-state index contributed by atoms with van der Waals surface area (Å²) in [6.07, 6.45) is 7.92. The molecule has 0 aromatic rings. The van der Waals surface area contributed by atoms with Gasteiger partial charge < -0.3 is 0 Å². The lowest BCUT2D eigenvalue weighted by atomic mass is 9.58. The fraction of sp³-hybridized carbons (Fsp3) is 1.00. The van der Waals surface area contributed by atoms with Gasteiger partial charge in [-0.2, -0.15) is 0 Å². The average molecular weight is 134 g/mol. The molecule has 0 heterocycles. The van der Waals surface area contributed by atoms with Gasteiger partial charge in [-0.05, 0) is 30.6 Å². The van der Waals surface area contributed by atoms with Crippen molar-refractivity contribution in [1.29, 1.82) is 0 Å². The van der Waals surface area contributed by atoms with Crippen LogP contribution in [-0.4, -0.2) is 7.85 Å². The number of hydrogen-bond donors (Lipinski definition) is 0. The molecule has 10 heavy (non-hydrogen) atoms. The van der Waals surface area contributed by atoms with Crippen molar-refractivity contribution in [1.82, 2.24) is 0 Å². The summed E-state index contributed by atoms with van der Waals surface area (Å²) in [5.74, 6) is 3.50. The van der Waals surface area contributed by atoms with E-state index in [1.165, 1.54) is 11.8 Å². The monoisotopic (exact) mass is 134 g/mol. The first-order valence-electron chi connectivity index (χ1n) is 4.75. The topological polar surface area (TPSA) is 0 Å². The molecule has 0 radical (unpaired) electrons. The second-order valence-electron chi connectivity index (χ2n) is 5.28. The smallest absolute Gasteiger partial charge is 0.0576 e. The van der Waals surface area contributed by atoms with Gasteiger partial charge in [0.25, 0.3) is 0 Å². The molecule has 0 N–H and O–H groups in total. The van der Waals surface area contributed by atoms with Crippen molar-refractivity contribution in [3.05, 3.63) is 0 Å². The molecule has 0 saturated heterocycles. The minimum atomic E-state index is 0.816. The molecule has 4 saturated carbocycles. The van der Waals surface area contributed by atoms with E-state index >= 15 is 0 Å². The van der Waals surface area contributed by atoms with Gasteiger partial charge in [-0.1, -0.05) is 24.6 Å². The van der Waals surface area contributed by atoms with Gasteiger partial charge in [-0.25, -0.2) is 0 Å². The minimum Gasteiger partial charge on any atom is -0.0576 e. The van der Waals surface area contributed by atoms with Crippen LogP contribution in [0.2, 0.25) is 5.31 Å². The molecule has 0 aromatic heterocycles. The van der Waals surface area contributed by atoms with Gasteiger partial charge >= 0.3 is 0 Å². The first-order valence-corrected chi connectivity index (χ1v) is 4.75. The Kier molecular flexibility index (Phi) is 0.832. The molecule has 2 atom stereocenters. The summed E-state index contributed by atoms with van der Waals surface area (Å²) < 4.78 is 0. The Morgan fingerprint density at radius 1 is 1.00 bits per heavy atom. The van der Waals surface area contributed by atoms with Crippen LogP contribution in [0.4, 0.5) is 0 Å². The Bertz CT molecular complexity index is 156. The lowest BCUT2D eigenvalue weighted by Gasteiger charge is -2.34. The van der Waals surface area contributed by atoms with Gasteiger partial charge in [0.2, 0.25) is 0 Å². The van der Waals surface area contributed by atoms with Crippen LogP contribution in [0.5, 0.6) is 0 Å². The highest BCUT2D eigenvalue weighted by Crippen LogP contribution is 2.66. The Hall–Kier alpha value is 0.0649. The SMILES string of the molecule is BC12CC3CC(C1)C(C3)C2. The second-order valence-corrected chi connectivity index (χ2v) is 5.28. The largest absolute Gasteiger partial charge is 0.109 e. The van der Waals surface area contributed by atoms with Crippen LogP contribution in [0, 0.1) is 17.8 Å². The van der Waals surface area contributed by atoms with E-state index in [2.05, 4.69) is 7.85 Å². The molecular weight excluding hydrogens is 119 g/mol. The van der Waals surface area contributed by atoms with Crippen LogP contribution < -0.4 is 0 Å². The molecule has 4 rings (SSSR count). The summed E-state index contributed by atoms with van der Waals surface area (Å²) >= 11 is 0. The van der Waals surface area contributed by atoms with Crippen LogP contribution in [0.25, 0.3) is 0 Å². The predicted molar refractivity (Wildman–Crippen MR) is 44.8 cm³/mol. The van der Waals surface area contributed by atoms with Crippen molar-refractivity contribution in [2.45, 2.75) is 37.4 Å². The fourth-order valence-electron chi connectivity index (χ4n) is 4.22. The predicted octanol–water partition coefficient (Wildman–Crippen LogP) is 1.62. The van der Waals surface area contributed by atoms with Crippen LogP contribution in [0.1, 0.15) is 32.1 Å². The van der Waals surface area contributed by atoms with Crippen molar-refractivity contribution in [2.75, 3.05) is 0 Å².